The molecule has 0 amide bonds. The number of benzene rings is 1. The molecule has 1 aromatic heterocycles. The van der Waals surface area contributed by atoms with Crippen molar-refractivity contribution in [2.24, 2.45) is 11.8 Å². The van der Waals surface area contributed by atoms with E-state index in [1.807, 2.05) is 0 Å². The van der Waals surface area contributed by atoms with E-state index in [2.05, 4.69) is 33.0 Å². The molecule has 0 spiro atoms. The Morgan fingerprint density at radius 3 is 2.43 bits per heavy atom. The number of furan rings is 1. The van der Waals surface area contributed by atoms with Gasteiger partial charge in [-0.2, -0.15) is 0 Å². The van der Waals surface area contributed by atoms with E-state index in [1.54, 1.807) is 0 Å². The van der Waals surface area contributed by atoms with Crippen molar-refractivity contribution in [3.63, 3.8) is 0 Å². The highest BCUT2D eigenvalue weighted by atomic mass is 19.1. The third kappa shape index (κ3) is 3.82. The van der Waals surface area contributed by atoms with Crippen LogP contribution in [-0.4, -0.2) is 6.54 Å². The van der Waals surface area contributed by atoms with Crippen LogP contribution >= 0.6 is 0 Å². The molecule has 1 N–H and O–H groups in total. The first-order chi connectivity index (χ1) is 9.88. The Labute approximate surface area is 124 Å². The van der Waals surface area contributed by atoms with Gasteiger partial charge in [0.15, 0.2) is 11.4 Å². The SMILES string of the molecule is CC(C)CNCc1oc2c(F)cc(F)cc2c1CC(C)C. The lowest BCUT2D eigenvalue weighted by atomic mass is 9.99. The topological polar surface area (TPSA) is 25.2 Å². The predicted molar refractivity (Wildman–Crippen MR) is 81.2 cm³/mol. The molecule has 0 aliphatic rings. The minimum absolute atomic E-state index is 0.161. The van der Waals surface area contributed by atoms with Crippen molar-refractivity contribution in [3.05, 3.63) is 35.1 Å². The lowest BCUT2D eigenvalue weighted by molar-refractivity contribution is 0.466. The van der Waals surface area contributed by atoms with Crippen LogP contribution in [0.3, 0.4) is 0 Å². The lowest BCUT2D eigenvalue weighted by Gasteiger charge is -2.09. The molecule has 1 aromatic carbocycles. The highest BCUT2D eigenvalue weighted by molar-refractivity contribution is 5.83. The molecule has 0 saturated carbocycles. The molecule has 0 aliphatic carbocycles. The Balaban J connectivity index is 2.40. The van der Waals surface area contributed by atoms with Gasteiger partial charge in [-0.05, 0) is 30.9 Å². The van der Waals surface area contributed by atoms with Crippen LogP contribution in [0, 0.1) is 23.5 Å². The van der Waals surface area contributed by atoms with Gasteiger partial charge in [0.2, 0.25) is 0 Å². The van der Waals surface area contributed by atoms with Gasteiger partial charge in [0.05, 0.1) is 6.54 Å². The second kappa shape index (κ2) is 6.56. The van der Waals surface area contributed by atoms with Gasteiger partial charge in [0.1, 0.15) is 11.6 Å². The van der Waals surface area contributed by atoms with E-state index in [1.165, 1.54) is 6.07 Å². The summed E-state index contributed by atoms with van der Waals surface area (Å²) in [6.07, 6.45) is 0.745. The van der Waals surface area contributed by atoms with Crippen LogP contribution in [0.15, 0.2) is 16.5 Å². The third-order valence-electron chi connectivity index (χ3n) is 3.35. The number of nitrogens with one attached hydrogen (secondary N) is 1. The Hall–Kier alpha value is -1.42. The van der Waals surface area contributed by atoms with Crippen LogP contribution in [-0.2, 0) is 13.0 Å². The van der Waals surface area contributed by atoms with Crippen molar-refractivity contribution in [1.82, 2.24) is 5.32 Å². The van der Waals surface area contributed by atoms with Crippen LogP contribution in [0.1, 0.15) is 39.0 Å². The first-order valence-electron chi connectivity index (χ1n) is 7.48. The molecule has 4 heteroatoms. The highest BCUT2D eigenvalue weighted by Gasteiger charge is 2.19. The number of fused-ring (bicyclic) bond motifs is 1. The molecule has 116 valence electrons. The summed E-state index contributed by atoms with van der Waals surface area (Å²) >= 11 is 0. The van der Waals surface area contributed by atoms with Crippen molar-refractivity contribution in [2.45, 2.75) is 40.7 Å². The fraction of sp³-hybridized carbons (Fsp3) is 0.529. The quantitative estimate of drug-likeness (QED) is 0.838. The Kier molecular flexibility index (Phi) is 4.99. The van der Waals surface area contributed by atoms with Crippen molar-refractivity contribution >= 4 is 11.0 Å². The second-order valence-electron chi connectivity index (χ2n) is 6.39. The van der Waals surface area contributed by atoms with Crippen LogP contribution < -0.4 is 5.32 Å². The van der Waals surface area contributed by atoms with Gasteiger partial charge >= 0.3 is 0 Å². The first kappa shape index (κ1) is 16.0. The summed E-state index contributed by atoms with van der Waals surface area (Å²) in [7, 11) is 0. The molecule has 2 aromatic rings. The summed E-state index contributed by atoms with van der Waals surface area (Å²) in [6, 6.07) is 2.24. The highest BCUT2D eigenvalue weighted by Crippen LogP contribution is 2.31. The van der Waals surface area contributed by atoms with E-state index in [9.17, 15) is 8.78 Å². The van der Waals surface area contributed by atoms with E-state index in [4.69, 9.17) is 4.42 Å². The number of halogens is 2. The van der Waals surface area contributed by atoms with Gasteiger partial charge in [0, 0.05) is 17.0 Å². The van der Waals surface area contributed by atoms with Crippen LogP contribution in [0.25, 0.3) is 11.0 Å². The van der Waals surface area contributed by atoms with Crippen molar-refractivity contribution in [2.75, 3.05) is 6.54 Å². The minimum Gasteiger partial charge on any atom is -0.456 e. The van der Waals surface area contributed by atoms with E-state index >= 15 is 0 Å². The summed E-state index contributed by atoms with van der Waals surface area (Å²) in [5, 5.41) is 3.86. The Bertz CT molecular complexity index is 617. The van der Waals surface area contributed by atoms with Crippen molar-refractivity contribution < 1.29 is 13.2 Å². The minimum atomic E-state index is -0.634. The lowest BCUT2D eigenvalue weighted by Crippen LogP contribution is -2.19. The molecular weight excluding hydrogens is 272 g/mol. The van der Waals surface area contributed by atoms with E-state index in [0.717, 1.165) is 24.6 Å². The fourth-order valence-electron chi connectivity index (χ4n) is 2.47. The van der Waals surface area contributed by atoms with Crippen molar-refractivity contribution in [3.8, 4) is 0 Å². The summed E-state index contributed by atoms with van der Waals surface area (Å²) in [6.45, 7) is 9.80. The summed E-state index contributed by atoms with van der Waals surface area (Å²) in [5.41, 5.74) is 1.07. The molecule has 2 rings (SSSR count). The zero-order chi connectivity index (χ0) is 15.6. The maximum atomic E-state index is 13.9. The third-order valence-corrected chi connectivity index (χ3v) is 3.35. The van der Waals surface area contributed by atoms with Crippen LogP contribution in [0.2, 0.25) is 0 Å². The average molecular weight is 295 g/mol. The number of hydrogen-bond acceptors (Lipinski definition) is 2. The van der Waals surface area contributed by atoms with Crippen LogP contribution in [0.4, 0.5) is 8.78 Å². The molecular formula is C17H23F2NO. The smallest absolute Gasteiger partial charge is 0.170 e. The Morgan fingerprint density at radius 1 is 1.10 bits per heavy atom. The predicted octanol–water partition coefficient (Wildman–Crippen LogP) is 4.66. The fourth-order valence-corrected chi connectivity index (χ4v) is 2.47. The number of rotatable bonds is 6. The summed E-state index contributed by atoms with van der Waals surface area (Å²) < 4.78 is 33.0. The van der Waals surface area contributed by atoms with Gasteiger partial charge in [0.25, 0.3) is 0 Å². The van der Waals surface area contributed by atoms with Gasteiger partial charge in [-0.3, -0.25) is 0 Å². The molecule has 0 atom stereocenters. The second-order valence-corrected chi connectivity index (χ2v) is 6.39. The molecule has 0 fully saturated rings. The van der Waals surface area contributed by atoms with E-state index < -0.39 is 11.6 Å². The maximum Gasteiger partial charge on any atom is 0.170 e. The van der Waals surface area contributed by atoms with Gasteiger partial charge in [-0.1, -0.05) is 27.7 Å². The molecule has 0 aliphatic heterocycles. The zero-order valence-corrected chi connectivity index (χ0v) is 13.1. The van der Waals surface area contributed by atoms with E-state index in [-0.39, 0.29) is 5.58 Å². The monoisotopic (exact) mass is 295 g/mol. The van der Waals surface area contributed by atoms with Gasteiger partial charge < -0.3 is 9.73 Å². The van der Waals surface area contributed by atoms with Crippen molar-refractivity contribution in [1.29, 1.82) is 0 Å². The Morgan fingerprint density at radius 2 is 1.81 bits per heavy atom. The molecule has 1 heterocycles. The molecule has 0 saturated heterocycles. The largest absolute Gasteiger partial charge is 0.456 e. The van der Waals surface area contributed by atoms with Gasteiger partial charge in [-0.25, -0.2) is 8.78 Å². The molecule has 21 heavy (non-hydrogen) atoms. The van der Waals surface area contributed by atoms with E-state index in [0.29, 0.717) is 29.5 Å². The first-order valence-corrected chi connectivity index (χ1v) is 7.48. The standard InChI is InChI=1S/C17H23F2NO/c1-10(2)5-13-14-6-12(18)7-15(19)17(14)21-16(13)9-20-8-11(3)4/h6-7,10-11,20H,5,8-9H2,1-4H3. The summed E-state index contributed by atoms with van der Waals surface area (Å²) in [5.74, 6) is 0.430. The average Bonchev–Trinajstić information content (AvgIpc) is 2.67. The summed E-state index contributed by atoms with van der Waals surface area (Å²) in [4.78, 5) is 0. The molecule has 0 unspecified atom stereocenters. The normalized spacial score (nSPS) is 12.0. The zero-order valence-electron chi connectivity index (χ0n) is 13.1. The maximum absolute atomic E-state index is 13.9. The van der Waals surface area contributed by atoms with Crippen LogP contribution in [0.5, 0.6) is 0 Å². The number of hydrogen-bond donors (Lipinski definition) is 1. The molecule has 2 nitrogen and oxygen atoms in total. The van der Waals surface area contributed by atoms with Gasteiger partial charge in [-0.15, -0.1) is 0 Å². The molecule has 0 bridgehead atoms. The molecule has 0 radical (unpaired) electrons.